The van der Waals surface area contributed by atoms with Crippen molar-refractivity contribution in [2.45, 2.75) is 12.8 Å². The van der Waals surface area contributed by atoms with Gasteiger partial charge in [0, 0.05) is 26.0 Å². The molecular weight excluding hydrogens is 234 g/mol. The molecule has 3 aromatic rings. The average molecular weight is 255 g/mol. The molecule has 1 fully saturated rings. The van der Waals surface area contributed by atoms with Gasteiger partial charge in [-0.1, -0.05) is 18.2 Å². The Hall–Kier alpha value is -1.87. The Morgan fingerprint density at radius 3 is 3.21 bits per heavy atom. The van der Waals surface area contributed by atoms with Gasteiger partial charge in [0.05, 0.1) is 0 Å². The van der Waals surface area contributed by atoms with Gasteiger partial charge in [-0.15, -0.1) is 0 Å². The zero-order valence-corrected chi connectivity index (χ0v) is 10.8. The lowest BCUT2D eigenvalue weighted by atomic mass is 9.94. The van der Waals surface area contributed by atoms with Crippen molar-refractivity contribution >= 4 is 21.8 Å². The third-order valence-electron chi connectivity index (χ3n) is 4.18. The number of pyridine rings is 1. The van der Waals surface area contributed by atoms with E-state index >= 15 is 0 Å². The van der Waals surface area contributed by atoms with E-state index < -0.39 is 0 Å². The van der Waals surface area contributed by atoms with E-state index in [1.54, 1.807) is 0 Å². The molecular formula is C16H21N3. The van der Waals surface area contributed by atoms with Gasteiger partial charge in [-0.05, 0) is 48.9 Å². The van der Waals surface area contributed by atoms with Crippen LogP contribution in [0, 0.1) is 5.92 Å². The smallest absolute Gasteiger partial charge is 0.137 e. The van der Waals surface area contributed by atoms with Gasteiger partial charge in [-0.3, -0.25) is 0 Å². The first kappa shape index (κ1) is 11.0. The standard InChI is InChI=1S/C16H17N3.2H2/c1-2-12(8-11-4-6-17-9-11)15-13(3-1)10-19-16-14(15)5-7-18-16;;/h1-3,5,7,10-11,17H,4,6,8-9H2,(H,18,19);2*1H. The zero-order chi connectivity index (χ0) is 12.7. The topological polar surface area (TPSA) is 40.7 Å². The quantitative estimate of drug-likeness (QED) is 0.737. The van der Waals surface area contributed by atoms with Crippen molar-refractivity contribution in [2.75, 3.05) is 13.1 Å². The molecule has 0 radical (unpaired) electrons. The lowest BCUT2D eigenvalue weighted by molar-refractivity contribution is 0.582. The molecule has 0 amide bonds. The maximum absolute atomic E-state index is 4.47. The van der Waals surface area contributed by atoms with Crippen molar-refractivity contribution in [3.63, 3.8) is 0 Å². The largest absolute Gasteiger partial charge is 0.346 e. The summed E-state index contributed by atoms with van der Waals surface area (Å²) in [7, 11) is 0. The van der Waals surface area contributed by atoms with E-state index in [-0.39, 0.29) is 2.85 Å². The van der Waals surface area contributed by atoms with Crippen LogP contribution in [-0.4, -0.2) is 23.1 Å². The van der Waals surface area contributed by atoms with Crippen LogP contribution in [0.25, 0.3) is 21.8 Å². The van der Waals surface area contributed by atoms with E-state index in [4.69, 9.17) is 0 Å². The van der Waals surface area contributed by atoms with Crippen molar-refractivity contribution in [1.82, 2.24) is 15.3 Å². The van der Waals surface area contributed by atoms with Gasteiger partial charge >= 0.3 is 0 Å². The molecule has 0 bridgehead atoms. The number of hydrogen-bond donors (Lipinski definition) is 2. The van der Waals surface area contributed by atoms with Gasteiger partial charge in [0.2, 0.25) is 0 Å². The fraction of sp³-hybridized carbons (Fsp3) is 0.312. The Morgan fingerprint density at radius 2 is 2.32 bits per heavy atom. The van der Waals surface area contributed by atoms with Crippen molar-refractivity contribution in [3.8, 4) is 0 Å². The number of nitrogens with one attached hydrogen (secondary N) is 2. The highest BCUT2D eigenvalue weighted by Crippen LogP contribution is 2.28. The molecule has 19 heavy (non-hydrogen) atoms. The van der Waals surface area contributed by atoms with Crippen LogP contribution < -0.4 is 5.32 Å². The first-order chi connectivity index (χ1) is 9.42. The monoisotopic (exact) mass is 255 g/mol. The summed E-state index contributed by atoms with van der Waals surface area (Å²) in [6.45, 7) is 2.31. The number of aromatic amines is 1. The predicted octanol–water partition coefficient (Wildman–Crippen LogP) is 3.36. The van der Waals surface area contributed by atoms with Gasteiger partial charge in [0.25, 0.3) is 0 Å². The van der Waals surface area contributed by atoms with E-state index in [9.17, 15) is 0 Å². The third kappa shape index (κ3) is 1.81. The van der Waals surface area contributed by atoms with Crippen LogP contribution in [0.3, 0.4) is 0 Å². The van der Waals surface area contributed by atoms with Crippen LogP contribution in [0.1, 0.15) is 14.8 Å². The molecule has 1 aliphatic heterocycles. The lowest BCUT2D eigenvalue weighted by Crippen LogP contribution is -2.10. The second-order valence-electron chi connectivity index (χ2n) is 5.44. The third-order valence-corrected chi connectivity index (χ3v) is 4.18. The molecule has 100 valence electrons. The maximum atomic E-state index is 4.47. The minimum atomic E-state index is 0. The summed E-state index contributed by atoms with van der Waals surface area (Å²) in [5.41, 5.74) is 2.45. The maximum Gasteiger partial charge on any atom is 0.137 e. The Kier molecular flexibility index (Phi) is 2.52. The summed E-state index contributed by atoms with van der Waals surface area (Å²) < 4.78 is 0. The molecule has 1 atom stereocenters. The molecule has 3 heterocycles. The van der Waals surface area contributed by atoms with E-state index in [1.807, 2.05) is 12.4 Å². The number of aromatic nitrogens is 2. The Bertz CT molecular complexity index is 733. The molecule has 4 rings (SSSR count). The van der Waals surface area contributed by atoms with Gasteiger partial charge < -0.3 is 10.3 Å². The van der Waals surface area contributed by atoms with Gasteiger partial charge in [0.1, 0.15) is 5.65 Å². The second-order valence-corrected chi connectivity index (χ2v) is 5.44. The molecule has 0 spiro atoms. The summed E-state index contributed by atoms with van der Waals surface area (Å²) >= 11 is 0. The molecule has 1 saturated heterocycles. The highest BCUT2D eigenvalue weighted by Gasteiger charge is 2.17. The lowest BCUT2D eigenvalue weighted by Gasteiger charge is -2.11. The van der Waals surface area contributed by atoms with E-state index in [1.165, 1.54) is 28.1 Å². The number of rotatable bonds is 2. The molecule has 2 aromatic heterocycles. The zero-order valence-electron chi connectivity index (χ0n) is 10.8. The summed E-state index contributed by atoms with van der Waals surface area (Å²) in [6.07, 6.45) is 6.40. The van der Waals surface area contributed by atoms with Crippen LogP contribution in [0.4, 0.5) is 0 Å². The molecule has 0 aliphatic carbocycles. The van der Waals surface area contributed by atoms with Gasteiger partial charge in [0.15, 0.2) is 0 Å². The van der Waals surface area contributed by atoms with Gasteiger partial charge in [-0.25, -0.2) is 4.98 Å². The van der Waals surface area contributed by atoms with Crippen LogP contribution in [0.2, 0.25) is 0 Å². The summed E-state index contributed by atoms with van der Waals surface area (Å²) in [5.74, 6) is 0.771. The van der Waals surface area contributed by atoms with Crippen LogP contribution >= 0.6 is 0 Å². The number of nitrogens with zero attached hydrogens (tertiary/aromatic N) is 1. The minimum absolute atomic E-state index is 0. The molecule has 3 nitrogen and oxygen atoms in total. The van der Waals surface area contributed by atoms with Crippen LogP contribution in [-0.2, 0) is 6.42 Å². The molecule has 1 aromatic carbocycles. The predicted molar refractivity (Wildman–Crippen MR) is 82.5 cm³/mol. The molecule has 3 heteroatoms. The van der Waals surface area contributed by atoms with E-state index in [0.29, 0.717) is 0 Å². The fourth-order valence-corrected chi connectivity index (χ4v) is 3.23. The summed E-state index contributed by atoms with van der Waals surface area (Å²) in [5, 5.41) is 7.32. The van der Waals surface area contributed by atoms with Crippen LogP contribution in [0.5, 0.6) is 0 Å². The minimum Gasteiger partial charge on any atom is -0.346 e. The highest BCUT2D eigenvalue weighted by atomic mass is 14.9. The number of fused-ring (bicyclic) bond motifs is 3. The Balaban J connectivity index is 0.000000807. The average Bonchev–Trinajstić information content (AvgIpc) is 3.08. The highest BCUT2D eigenvalue weighted by molar-refractivity contribution is 6.06. The van der Waals surface area contributed by atoms with Crippen molar-refractivity contribution in [3.05, 3.63) is 42.2 Å². The Morgan fingerprint density at radius 1 is 1.32 bits per heavy atom. The Labute approximate surface area is 115 Å². The fourth-order valence-electron chi connectivity index (χ4n) is 3.23. The van der Waals surface area contributed by atoms with Gasteiger partial charge in [-0.2, -0.15) is 0 Å². The normalized spacial score (nSPS) is 19.5. The van der Waals surface area contributed by atoms with Crippen molar-refractivity contribution in [1.29, 1.82) is 0 Å². The number of benzene rings is 1. The molecule has 0 saturated carbocycles. The first-order valence-electron chi connectivity index (χ1n) is 6.96. The van der Waals surface area contributed by atoms with E-state index in [2.05, 4.69) is 39.6 Å². The van der Waals surface area contributed by atoms with Crippen molar-refractivity contribution < 1.29 is 2.85 Å². The van der Waals surface area contributed by atoms with Crippen LogP contribution in [0.15, 0.2) is 36.7 Å². The SMILES string of the molecule is [HH].[HH].c1cc(CC2CCNC2)c2c(c1)cnc1[nH]ccc12. The van der Waals surface area contributed by atoms with Crippen molar-refractivity contribution in [2.24, 2.45) is 5.92 Å². The van der Waals surface area contributed by atoms with E-state index in [0.717, 1.165) is 31.1 Å². The summed E-state index contributed by atoms with van der Waals surface area (Å²) in [6, 6.07) is 8.72. The first-order valence-corrected chi connectivity index (χ1v) is 6.96. The summed E-state index contributed by atoms with van der Waals surface area (Å²) in [4.78, 5) is 7.68. The second kappa shape index (κ2) is 4.35. The number of H-pyrrole nitrogens is 1. The number of hydrogen-bond acceptors (Lipinski definition) is 2. The molecule has 1 unspecified atom stereocenters. The molecule has 2 N–H and O–H groups in total. The molecule has 1 aliphatic rings.